The summed E-state index contributed by atoms with van der Waals surface area (Å²) in [5, 5.41) is -0.132. The number of benzene rings is 1. The zero-order valence-electron chi connectivity index (χ0n) is 12.5. The van der Waals surface area contributed by atoms with Crippen LogP contribution in [0, 0.1) is 0 Å². The van der Waals surface area contributed by atoms with E-state index in [2.05, 4.69) is 0 Å². The summed E-state index contributed by atoms with van der Waals surface area (Å²) in [6.07, 6.45) is -0.992. The molecule has 0 saturated carbocycles. The Kier molecular flexibility index (Phi) is 5.43. The summed E-state index contributed by atoms with van der Waals surface area (Å²) in [4.78, 5) is 38.6. The van der Waals surface area contributed by atoms with Crippen molar-refractivity contribution in [1.29, 1.82) is 0 Å². The highest BCUT2D eigenvalue weighted by Gasteiger charge is 2.29. The summed E-state index contributed by atoms with van der Waals surface area (Å²) >= 11 is 1.18. The van der Waals surface area contributed by atoms with Crippen molar-refractivity contribution in [3.8, 4) is 0 Å². The number of likely N-dealkylation sites (N-methyl/N-ethyl adjacent to an activating group) is 1. The van der Waals surface area contributed by atoms with Gasteiger partial charge < -0.3 is 14.5 Å². The van der Waals surface area contributed by atoms with Gasteiger partial charge in [0.25, 0.3) is 11.1 Å². The molecule has 0 bridgehead atoms. The van der Waals surface area contributed by atoms with E-state index in [0.717, 1.165) is 0 Å². The number of ether oxygens (including phenoxy) is 1. The van der Waals surface area contributed by atoms with Crippen molar-refractivity contribution in [2.45, 2.75) is 6.10 Å². The van der Waals surface area contributed by atoms with Crippen LogP contribution in [0.1, 0.15) is 11.7 Å². The number of hydrogen-bond acceptors (Lipinski definition) is 5. The van der Waals surface area contributed by atoms with E-state index in [0.29, 0.717) is 17.9 Å². The Morgan fingerprint density at radius 1 is 1.32 bits per heavy atom. The molecule has 1 aliphatic rings. The Bertz CT molecular complexity index is 562. The van der Waals surface area contributed by atoms with Gasteiger partial charge in [-0.05, 0) is 0 Å². The number of hydrogen-bond donors (Lipinski definition) is 0. The number of rotatable bonds is 5. The second kappa shape index (κ2) is 7.31. The topological polar surface area (TPSA) is 66.9 Å². The average Bonchev–Trinajstić information content (AvgIpc) is 2.90. The zero-order chi connectivity index (χ0) is 16.1. The number of thioether (sulfide) groups is 1. The molecule has 2 rings (SSSR count). The molecule has 2 amide bonds. The summed E-state index contributed by atoms with van der Waals surface area (Å²) in [5.74, 6) is -0.230. The van der Waals surface area contributed by atoms with Gasteiger partial charge in [-0.25, -0.2) is 0 Å². The van der Waals surface area contributed by atoms with Crippen molar-refractivity contribution >= 4 is 28.9 Å². The first-order valence-electron chi connectivity index (χ1n) is 6.86. The van der Waals surface area contributed by atoms with Crippen LogP contribution < -0.4 is 0 Å². The van der Waals surface area contributed by atoms with Crippen molar-refractivity contribution in [2.75, 3.05) is 32.9 Å². The van der Waals surface area contributed by atoms with Crippen molar-refractivity contribution in [1.82, 2.24) is 9.80 Å². The summed E-state index contributed by atoms with van der Waals surface area (Å²) in [7, 11) is 3.21. The van der Waals surface area contributed by atoms with Gasteiger partial charge in [0, 0.05) is 32.0 Å². The van der Waals surface area contributed by atoms with E-state index in [4.69, 9.17) is 4.74 Å². The zero-order valence-corrected chi connectivity index (χ0v) is 13.3. The first-order valence-corrected chi connectivity index (χ1v) is 7.85. The molecule has 6 nitrogen and oxygen atoms in total. The molecule has 1 aliphatic heterocycles. The second-order valence-electron chi connectivity index (χ2n) is 5.05. The second-order valence-corrected chi connectivity index (χ2v) is 6.10. The van der Waals surface area contributed by atoms with Crippen LogP contribution in [0.25, 0.3) is 0 Å². The van der Waals surface area contributed by atoms with E-state index < -0.39 is 12.1 Å². The Hall–Kier alpha value is -2.02. The molecule has 7 heteroatoms. The van der Waals surface area contributed by atoms with E-state index in [1.165, 1.54) is 21.6 Å². The number of esters is 1. The van der Waals surface area contributed by atoms with Crippen LogP contribution in [0.2, 0.25) is 0 Å². The maximum Gasteiger partial charge on any atom is 0.326 e. The fraction of sp³-hybridized carbons (Fsp3) is 0.400. The van der Waals surface area contributed by atoms with E-state index in [9.17, 15) is 14.4 Å². The van der Waals surface area contributed by atoms with Gasteiger partial charge in [-0.15, -0.1) is 0 Å². The molecule has 22 heavy (non-hydrogen) atoms. The smallest absolute Gasteiger partial charge is 0.326 e. The SMILES string of the molecule is CN(C)C(=O)[C@@H](OC(=O)CN1CCSC1=O)c1ccccc1. The molecule has 1 atom stereocenters. The van der Waals surface area contributed by atoms with Gasteiger partial charge in [0.1, 0.15) is 6.54 Å². The minimum atomic E-state index is -0.992. The third kappa shape index (κ3) is 4.00. The van der Waals surface area contributed by atoms with Crippen LogP contribution >= 0.6 is 11.8 Å². The highest BCUT2D eigenvalue weighted by molar-refractivity contribution is 8.13. The van der Waals surface area contributed by atoms with Gasteiger partial charge >= 0.3 is 5.97 Å². The molecule has 0 radical (unpaired) electrons. The Balaban J connectivity index is 2.07. The summed E-state index contributed by atoms with van der Waals surface area (Å²) in [6, 6.07) is 8.84. The molecule has 0 aromatic heterocycles. The molecule has 118 valence electrons. The lowest BCUT2D eigenvalue weighted by atomic mass is 10.1. The van der Waals surface area contributed by atoms with Crippen LogP contribution in [-0.2, 0) is 14.3 Å². The molecule has 0 unspecified atom stereocenters. The van der Waals surface area contributed by atoms with Crippen molar-refractivity contribution < 1.29 is 19.1 Å². The van der Waals surface area contributed by atoms with Gasteiger partial charge in [-0.3, -0.25) is 14.4 Å². The molecular weight excluding hydrogens is 304 g/mol. The molecule has 1 fully saturated rings. The highest BCUT2D eigenvalue weighted by Crippen LogP contribution is 2.21. The van der Waals surface area contributed by atoms with E-state index in [1.54, 1.807) is 38.4 Å². The minimum absolute atomic E-state index is 0.129. The van der Waals surface area contributed by atoms with Crippen LogP contribution in [0.15, 0.2) is 30.3 Å². The molecule has 0 spiro atoms. The minimum Gasteiger partial charge on any atom is -0.446 e. The lowest BCUT2D eigenvalue weighted by molar-refractivity contribution is -0.160. The monoisotopic (exact) mass is 322 g/mol. The van der Waals surface area contributed by atoms with Gasteiger partial charge in [0.2, 0.25) is 6.10 Å². The lowest BCUT2D eigenvalue weighted by Crippen LogP contribution is -2.35. The normalized spacial score (nSPS) is 15.5. The summed E-state index contributed by atoms with van der Waals surface area (Å²) < 4.78 is 5.34. The van der Waals surface area contributed by atoms with Gasteiger partial charge in [0.05, 0.1) is 0 Å². The van der Waals surface area contributed by atoms with Crippen LogP contribution in [0.3, 0.4) is 0 Å². The molecule has 1 aromatic rings. The van der Waals surface area contributed by atoms with E-state index in [-0.39, 0.29) is 17.7 Å². The molecule has 0 aliphatic carbocycles. The Morgan fingerprint density at radius 2 is 2.00 bits per heavy atom. The Morgan fingerprint density at radius 3 is 2.55 bits per heavy atom. The van der Waals surface area contributed by atoms with Gasteiger partial charge in [0.15, 0.2) is 0 Å². The number of carbonyl (C=O) groups excluding carboxylic acids is 3. The van der Waals surface area contributed by atoms with Crippen molar-refractivity contribution in [3.63, 3.8) is 0 Å². The van der Waals surface area contributed by atoms with E-state index in [1.807, 2.05) is 6.07 Å². The maximum absolute atomic E-state index is 12.2. The van der Waals surface area contributed by atoms with Crippen molar-refractivity contribution in [3.05, 3.63) is 35.9 Å². The van der Waals surface area contributed by atoms with Gasteiger partial charge in [-0.1, -0.05) is 42.1 Å². The molecule has 1 aromatic carbocycles. The fourth-order valence-electron chi connectivity index (χ4n) is 2.02. The average molecular weight is 322 g/mol. The molecule has 1 saturated heterocycles. The van der Waals surface area contributed by atoms with Crippen LogP contribution in [-0.4, -0.2) is 59.9 Å². The summed E-state index contributed by atoms with van der Waals surface area (Å²) in [6.45, 7) is 0.395. The largest absolute Gasteiger partial charge is 0.446 e. The van der Waals surface area contributed by atoms with Crippen LogP contribution in [0.5, 0.6) is 0 Å². The predicted octanol–water partition coefficient (Wildman–Crippen LogP) is 1.53. The van der Waals surface area contributed by atoms with Crippen LogP contribution in [0.4, 0.5) is 4.79 Å². The molecule has 1 heterocycles. The van der Waals surface area contributed by atoms with Gasteiger partial charge in [-0.2, -0.15) is 0 Å². The highest BCUT2D eigenvalue weighted by atomic mass is 32.2. The third-order valence-corrected chi connectivity index (χ3v) is 4.07. The molecular formula is C15H18N2O4S. The van der Waals surface area contributed by atoms with E-state index >= 15 is 0 Å². The standard InChI is InChI=1S/C15H18N2O4S/c1-16(2)14(19)13(11-6-4-3-5-7-11)21-12(18)10-17-8-9-22-15(17)20/h3-7,13H,8-10H2,1-2H3/t13-/m0/s1. The first kappa shape index (κ1) is 16.4. The third-order valence-electron chi connectivity index (χ3n) is 3.18. The number of carbonyl (C=O) groups is 3. The number of nitrogens with zero attached hydrogens (tertiary/aromatic N) is 2. The molecule has 0 N–H and O–H groups in total. The first-order chi connectivity index (χ1) is 10.5. The predicted molar refractivity (Wildman–Crippen MR) is 83.4 cm³/mol. The maximum atomic E-state index is 12.2. The lowest BCUT2D eigenvalue weighted by Gasteiger charge is -2.22. The summed E-state index contributed by atoms with van der Waals surface area (Å²) in [5.41, 5.74) is 0.608. The number of amides is 2. The quantitative estimate of drug-likeness (QED) is 0.769. The Labute approximate surface area is 133 Å². The fourth-order valence-corrected chi connectivity index (χ4v) is 2.84. The van der Waals surface area contributed by atoms with Crippen molar-refractivity contribution in [2.24, 2.45) is 0 Å².